The summed E-state index contributed by atoms with van der Waals surface area (Å²) in [5.74, 6) is -5.33. The number of amides is 5. The Bertz CT molecular complexity index is 2250. The van der Waals surface area contributed by atoms with Crippen LogP contribution in [0.2, 0.25) is 0 Å². The number of carbonyl (C=O) groups excluding carboxylic acids is 5. The summed E-state index contributed by atoms with van der Waals surface area (Å²) in [7, 11) is 0. The van der Waals surface area contributed by atoms with Gasteiger partial charge in [0, 0.05) is 79.6 Å². The summed E-state index contributed by atoms with van der Waals surface area (Å²) in [6, 6.07) is 12.3. The Morgan fingerprint density at radius 3 is 2.47 bits per heavy atom. The number of rotatable bonds is 9. The summed E-state index contributed by atoms with van der Waals surface area (Å²) in [6.45, 7) is 3.99. The second kappa shape index (κ2) is 13.9. The molecule has 5 amide bonds. The molecule has 17 heteroatoms. The number of halogens is 2. The van der Waals surface area contributed by atoms with E-state index < -0.39 is 41.0 Å². The molecule has 3 aromatic heterocycles. The van der Waals surface area contributed by atoms with Gasteiger partial charge in [-0.1, -0.05) is 37.3 Å². The van der Waals surface area contributed by atoms with Crippen LogP contribution in [0.25, 0.3) is 0 Å². The zero-order chi connectivity index (χ0) is 39.6. The van der Waals surface area contributed by atoms with E-state index in [0.717, 1.165) is 11.3 Å². The highest BCUT2D eigenvalue weighted by molar-refractivity contribution is 6.04. The Morgan fingerprint density at radius 1 is 0.982 bits per heavy atom. The summed E-state index contributed by atoms with van der Waals surface area (Å²) in [4.78, 5) is 71.5. The molecule has 4 N–H and O–H groups in total. The van der Waals surface area contributed by atoms with Crippen molar-refractivity contribution >= 4 is 40.9 Å². The summed E-state index contributed by atoms with van der Waals surface area (Å²) in [6.07, 6.45) is 6.95. The standard InChI is InChI=1S/C40H42F2N10O5/c1-39-16-30-27(15-31(39)40(39,41)42)33(49-48-30)37(56)45-25-17-44-52(21-25)34(22-5-3-2-4-6-22)24-19-51(20-24)38(57)23-11-13-50(14-12-23)26-7-8-28(43-18-26)35(54)46-29-9-10-32(53)47-36(29)55/h2-8,17-18,21,23-24,29,31,34H,9-16,19-20H2,1H3,(H,45,56)(H,46,54)(H,48,49)(H,47,53,55)/t29?,31-,34+,39+/m0/s1. The number of nitrogens with one attached hydrogen (secondary N) is 4. The number of carbonyl (C=O) groups is 5. The Balaban J connectivity index is 0.791. The van der Waals surface area contributed by atoms with E-state index >= 15 is 0 Å². The minimum atomic E-state index is -2.76. The van der Waals surface area contributed by atoms with Crippen molar-refractivity contribution in [3.8, 4) is 0 Å². The fourth-order valence-corrected chi connectivity index (χ4v) is 9.14. The smallest absolute Gasteiger partial charge is 0.276 e. The maximum Gasteiger partial charge on any atom is 0.276 e. The molecule has 15 nitrogen and oxygen atoms in total. The van der Waals surface area contributed by atoms with Gasteiger partial charge in [0.15, 0.2) is 5.69 Å². The lowest BCUT2D eigenvalue weighted by atomic mass is 9.85. The normalized spacial score (nSPS) is 24.8. The predicted octanol–water partition coefficient (Wildman–Crippen LogP) is 3.12. The number of benzene rings is 1. The number of likely N-dealkylation sites (tertiary alicyclic amines) is 1. The van der Waals surface area contributed by atoms with Gasteiger partial charge in [-0.25, -0.2) is 13.8 Å². The fraction of sp³-hybridized carbons (Fsp3) is 0.450. The highest BCUT2D eigenvalue weighted by atomic mass is 19.3. The molecule has 0 radical (unpaired) electrons. The van der Waals surface area contributed by atoms with Crippen LogP contribution in [-0.2, 0) is 27.2 Å². The number of aromatic nitrogens is 5. The number of alkyl halides is 2. The van der Waals surface area contributed by atoms with Crippen LogP contribution in [0.3, 0.4) is 0 Å². The van der Waals surface area contributed by atoms with Crippen molar-refractivity contribution in [2.75, 3.05) is 36.4 Å². The molecule has 0 bridgehead atoms. The van der Waals surface area contributed by atoms with Gasteiger partial charge in [-0.2, -0.15) is 10.2 Å². The van der Waals surface area contributed by atoms with Gasteiger partial charge >= 0.3 is 0 Å². The maximum atomic E-state index is 14.5. The lowest BCUT2D eigenvalue weighted by Gasteiger charge is -2.45. The Labute approximate surface area is 325 Å². The molecule has 3 aliphatic heterocycles. The monoisotopic (exact) mass is 780 g/mol. The third-order valence-corrected chi connectivity index (χ3v) is 12.7. The quantitative estimate of drug-likeness (QED) is 0.185. The molecule has 1 aromatic carbocycles. The van der Waals surface area contributed by atoms with Gasteiger partial charge in [-0.05, 0) is 43.4 Å². The molecule has 2 aliphatic carbocycles. The van der Waals surface area contributed by atoms with E-state index in [2.05, 4.69) is 41.1 Å². The molecule has 9 rings (SSSR count). The van der Waals surface area contributed by atoms with E-state index in [9.17, 15) is 32.8 Å². The van der Waals surface area contributed by atoms with Crippen LogP contribution in [0.5, 0.6) is 0 Å². The van der Waals surface area contributed by atoms with Crippen LogP contribution in [0.4, 0.5) is 20.2 Å². The lowest BCUT2D eigenvalue weighted by Crippen LogP contribution is -2.55. The summed E-state index contributed by atoms with van der Waals surface area (Å²) >= 11 is 0. The number of piperidine rings is 2. The van der Waals surface area contributed by atoms with Gasteiger partial charge in [0.05, 0.1) is 29.8 Å². The van der Waals surface area contributed by atoms with Crippen LogP contribution in [0, 0.1) is 23.2 Å². The number of fused-ring (bicyclic) bond motifs is 2. The van der Waals surface area contributed by atoms with Crippen LogP contribution < -0.4 is 20.9 Å². The average Bonchev–Trinajstić information content (AvgIpc) is 3.61. The van der Waals surface area contributed by atoms with Crippen molar-refractivity contribution in [1.29, 1.82) is 0 Å². The Hall–Kier alpha value is -6.00. The maximum absolute atomic E-state index is 14.5. The second-order valence-electron chi connectivity index (χ2n) is 16.2. The van der Waals surface area contributed by atoms with Gasteiger partial charge in [0.25, 0.3) is 17.7 Å². The topological polar surface area (TPSA) is 187 Å². The van der Waals surface area contributed by atoms with E-state index in [0.29, 0.717) is 56.0 Å². The SMILES string of the molecule is C[C@@]12Cc3[nH]nc(C(=O)Nc4cnn([C@H](c5ccccc5)C5CN(C(=O)C6CCN(c7ccc(C(=O)NC8CCC(=O)NC8=O)nc7)CC6)C5)c4)c3C[C@@H]1C2(F)F. The third-order valence-electron chi connectivity index (χ3n) is 12.7. The molecule has 1 saturated carbocycles. The molecule has 0 spiro atoms. The molecule has 3 saturated heterocycles. The van der Waals surface area contributed by atoms with Crippen molar-refractivity contribution in [2.45, 2.75) is 63.5 Å². The first kappa shape index (κ1) is 36.6. The minimum Gasteiger partial charge on any atom is -0.370 e. The molecule has 5 aliphatic rings. The fourth-order valence-electron chi connectivity index (χ4n) is 9.14. The molecule has 6 heterocycles. The molecule has 1 unspecified atom stereocenters. The van der Waals surface area contributed by atoms with Crippen molar-refractivity contribution in [2.24, 2.45) is 23.2 Å². The highest BCUT2D eigenvalue weighted by Crippen LogP contribution is 2.70. The first-order valence-electron chi connectivity index (χ1n) is 19.4. The second-order valence-corrected chi connectivity index (χ2v) is 16.2. The van der Waals surface area contributed by atoms with Gasteiger partial charge < -0.3 is 20.4 Å². The summed E-state index contributed by atoms with van der Waals surface area (Å²) in [5, 5.41) is 19.4. The van der Waals surface area contributed by atoms with Crippen molar-refractivity contribution < 1.29 is 32.8 Å². The van der Waals surface area contributed by atoms with Gasteiger partial charge in [0.2, 0.25) is 17.7 Å². The number of aromatic amines is 1. The van der Waals surface area contributed by atoms with Gasteiger partial charge in [-0.15, -0.1) is 0 Å². The molecule has 4 fully saturated rings. The Morgan fingerprint density at radius 2 is 1.75 bits per heavy atom. The number of pyridine rings is 1. The molecule has 4 aromatic rings. The van der Waals surface area contributed by atoms with Crippen molar-refractivity contribution in [1.82, 2.24) is 40.5 Å². The number of hydrogen-bond donors (Lipinski definition) is 4. The molecule has 4 atom stereocenters. The van der Waals surface area contributed by atoms with E-state index in [1.54, 1.807) is 37.6 Å². The molecular formula is C40H42F2N10O5. The summed E-state index contributed by atoms with van der Waals surface area (Å²) in [5.41, 5.74) is 2.65. The number of H-pyrrole nitrogens is 1. The summed E-state index contributed by atoms with van der Waals surface area (Å²) < 4.78 is 30.7. The van der Waals surface area contributed by atoms with Gasteiger partial charge in [-0.3, -0.25) is 39.1 Å². The lowest BCUT2D eigenvalue weighted by molar-refractivity contribution is -0.143. The molecule has 57 heavy (non-hydrogen) atoms. The van der Waals surface area contributed by atoms with Gasteiger partial charge in [0.1, 0.15) is 11.7 Å². The average molecular weight is 781 g/mol. The van der Waals surface area contributed by atoms with Crippen LogP contribution in [0.1, 0.15) is 76.4 Å². The highest BCUT2D eigenvalue weighted by Gasteiger charge is 2.78. The van der Waals surface area contributed by atoms with E-state index in [4.69, 9.17) is 0 Å². The minimum absolute atomic E-state index is 0.0737. The van der Waals surface area contributed by atoms with Crippen LogP contribution in [0.15, 0.2) is 61.1 Å². The zero-order valence-electron chi connectivity index (χ0n) is 31.2. The van der Waals surface area contributed by atoms with Crippen molar-refractivity contribution in [3.05, 3.63) is 89.3 Å². The largest absolute Gasteiger partial charge is 0.370 e. The third kappa shape index (κ3) is 6.51. The molecule has 296 valence electrons. The molecular weight excluding hydrogens is 739 g/mol. The first-order chi connectivity index (χ1) is 27.4. The van der Waals surface area contributed by atoms with E-state index in [1.165, 1.54) is 0 Å². The Kier molecular flexibility index (Phi) is 8.92. The predicted molar refractivity (Wildman–Crippen MR) is 200 cm³/mol. The van der Waals surface area contributed by atoms with Crippen LogP contribution in [-0.4, -0.2) is 97.5 Å². The van der Waals surface area contributed by atoms with E-state index in [1.807, 2.05) is 39.9 Å². The number of hydrogen-bond acceptors (Lipinski definition) is 9. The van der Waals surface area contributed by atoms with Crippen molar-refractivity contribution in [3.63, 3.8) is 0 Å². The number of nitrogens with zero attached hydrogens (tertiary/aromatic N) is 6. The van der Waals surface area contributed by atoms with Crippen LogP contribution >= 0.6 is 0 Å². The first-order valence-corrected chi connectivity index (χ1v) is 19.4. The number of anilines is 2. The van der Waals surface area contributed by atoms with E-state index in [-0.39, 0.29) is 66.8 Å². The zero-order valence-corrected chi connectivity index (χ0v) is 31.2. The number of imide groups is 1.